The molecule has 0 radical (unpaired) electrons. The van der Waals surface area contributed by atoms with Gasteiger partial charge in [-0.2, -0.15) is 5.10 Å². The van der Waals surface area contributed by atoms with E-state index in [-0.39, 0.29) is 18.7 Å². The van der Waals surface area contributed by atoms with Crippen LogP contribution >= 0.6 is 11.6 Å². The van der Waals surface area contributed by atoms with E-state index in [0.29, 0.717) is 22.1 Å². The molecule has 0 saturated carbocycles. The van der Waals surface area contributed by atoms with Gasteiger partial charge < -0.3 is 15.0 Å². The third-order valence-electron chi connectivity index (χ3n) is 2.94. The number of nitrogens with two attached hydrogens (primary N) is 1. The average Bonchev–Trinajstić information content (AvgIpc) is 2.66. The van der Waals surface area contributed by atoms with Crippen molar-refractivity contribution in [2.24, 2.45) is 7.05 Å². The van der Waals surface area contributed by atoms with Gasteiger partial charge in [0.05, 0.1) is 16.4 Å². The Balaban J connectivity index is 2.02. The standard InChI is InChI=1S/C13H15ClN4O3/c1-8-13(14)10(17(2)16-8)7-21-12(20)6-18-5-9(15)3-4-11(18)19/h3-5H,6-7,15H2,1-2H3. The molecule has 2 rings (SSSR count). The molecule has 0 saturated heterocycles. The van der Waals surface area contributed by atoms with Crippen LogP contribution in [0.3, 0.4) is 0 Å². The summed E-state index contributed by atoms with van der Waals surface area (Å²) in [5, 5.41) is 4.58. The van der Waals surface area contributed by atoms with Crippen LogP contribution in [0.5, 0.6) is 0 Å². The molecule has 8 heteroatoms. The van der Waals surface area contributed by atoms with Gasteiger partial charge in [-0.25, -0.2) is 0 Å². The number of hydrogen-bond acceptors (Lipinski definition) is 5. The van der Waals surface area contributed by atoms with Gasteiger partial charge in [-0.1, -0.05) is 11.6 Å². The maximum Gasteiger partial charge on any atom is 0.326 e. The van der Waals surface area contributed by atoms with Gasteiger partial charge in [0.2, 0.25) is 0 Å². The van der Waals surface area contributed by atoms with E-state index in [9.17, 15) is 9.59 Å². The summed E-state index contributed by atoms with van der Waals surface area (Å²) < 4.78 is 7.86. The SMILES string of the molecule is Cc1nn(C)c(COC(=O)Cn2cc(N)ccc2=O)c1Cl. The number of aromatic nitrogens is 3. The second kappa shape index (κ2) is 6.01. The van der Waals surface area contributed by atoms with E-state index in [4.69, 9.17) is 22.1 Å². The number of esters is 1. The highest BCUT2D eigenvalue weighted by Gasteiger charge is 2.13. The Morgan fingerprint density at radius 3 is 2.81 bits per heavy atom. The lowest BCUT2D eigenvalue weighted by Crippen LogP contribution is -2.24. The molecule has 0 aliphatic carbocycles. The minimum absolute atomic E-state index is 0.00786. The monoisotopic (exact) mass is 310 g/mol. The van der Waals surface area contributed by atoms with Gasteiger partial charge in [-0.3, -0.25) is 14.3 Å². The summed E-state index contributed by atoms with van der Waals surface area (Å²) >= 11 is 6.06. The minimum Gasteiger partial charge on any atom is -0.458 e. The Morgan fingerprint density at radius 1 is 1.48 bits per heavy atom. The molecular formula is C13H15ClN4O3. The fourth-order valence-corrected chi connectivity index (χ4v) is 2.06. The van der Waals surface area contributed by atoms with Gasteiger partial charge in [0.1, 0.15) is 13.2 Å². The normalized spacial score (nSPS) is 10.6. The summed E-state index contributed by atoms with van der Waals surface area (Å²) in [6.07, 6.45) is 1.39. The summed E-state index contributed by atoms with van der Waals surface area (Å²) in [7, 11) is 1.71. The fourth-order valence-electron chi connectivity index (χ4n) is 1.84. The number of hydrogen-bond donors (Lipinski definition) is 1. The number of aryl methyl sites for hydroxylation is 2. The Morgan fingerprint density at radius 2 is 2.19 bits per heavy atom. The molecule has 0 aliphatic rings. The van der Waals surface area contributed by atoms with E-state index in [2.05, 4.69) is 5.10 Å². The molecule has 0 bridgehead atoms. The highest BCUT2D eigenvalue weighted by Crippen LogP contribution is 2.20. The van der Waals surface area contributed by atoms with Crippen LogP contribution in [0.15, 0.2) is 23.1 Å². The van der Waals surface area contributed by atoms with E-state index >= 15 is 0 Å². The lowest BCUT2D eigenvalue weighted by atomic mass is 10.4. The van der Waals surface area contributed by atoms with E-state index in [1.807, 2.05) is 0 Å². The number of ether oxygens (including phenoxy) is 1. The van der Waals surface area contributed by atoms with Gasteiger partial charge in [0.25, 0.3) is 5.56 Å². The Hall–Kier alpha value is -2.28. The summed E-state index contributed by atoms with van der Waals surface area (Å²) in [6.45, 7) is 1.55. The summed E-state index contributed by atoms with van der Waals surface area (Å²) in [5.74, 6) is -0.558. The lowest BCUT2D eigenvalue weighted by Gasteiger charge is -2.08. The third kappa shape index (κ3) is 3.43. The molecule has 2 aromatic heterocycles. The topological polar surface area (TPSA) is 92.1 Å². The molecule has 2 N–H and O–H groups in total. The van der Waals surface area contributed by atoms with Crippen LogP contribution in [-0.4, -0.2) is 20.3 Å². The molecule has 0 unspecified atom stereocenters. The van der Waals surface area contributed by atoms with Crippen LogP contribution < -0.4 is 11.3 Å². The van der Waals surface area contributed by atoms with E-state index in [1.165, 1.54) is 22.9 Å². The van der Waals surface area contributed by atoms with Crippen molar-refractivity contribution in [3.05, 3.63) is 45.1 Å². The first-order chi connectivity index (χ1) is 9.88. The average molecular weight is 311 g/mol. The second-order valence-electron chi connectivity index (χ2n) is 4.56. The van der Waals surface area contributed by atoms with Crippen molar-refractivity contribution >= 4 is 23.3 Å². The summed E-state index contributed by atoms with van der Waals surface area (Å²) in [5.41, 5.74) is 6.91. The Kier molecular flexibility index (Phi) is 4.32. The van der Waals surface area contributed by atoms with Crippen molar-refractivity contribution in [1.29, 1.82) is 0 Å². The lowest BCUT2D eigenvalue weighted by molar-refractivity contribution is -0.145. The van der Waals surface area contributed by atoms with Crippen molar-refractivity contribution in [1.82, 2.24) is 14.3 Å². The first-order valence-corrected chi connectivity index (χ1v) is 6.56. The number of pyridine rings is 1. The number of carbonyl (C=O) groups excluding carboxylic acids is 1. The Bertz CT molecular complexity index is 736. The third-order valence-corrected chi connectivity index (χ3v) is 3.43. The number of carbonyl (C=O) groups is 1. The maximum atomic E-state index is 11.8. The minimum atomic E-state index is -0.558. The zero-order valence-electron chi connectivity index (χ0n) is 11.7. The summed E-state index contributed by atoms with van der Waals surface area (Å²) in [4.78, 5) is 23.3. The van der Waals surface area contributed by atoms with Crippen LogP contribution in [0.2, 0.25) is 5.02 Å². The second-order valence-corrected chi connectivity index (χ2v) is 4.94. The first-order valence-electron chi connectivity index (χ1n) is 6.18. The van der Waals surface area contributed by atoms with Crippen LogP contribution in [0.1, 0.15) is 11.4 Å². The van der Waals surface area contributed by atoms with Crippen molar-refractivity contribution in [3.8, 4) is 0 Å². The van der Waals surface area contributed by atoms with Gasteiger partial charge in [-0.15, -0.1) is 0 Å². The molecule has 0 amide bonds. The Labute approximate surface area is 125 Å². The molecule has 0 aromatic carbocycles. The van der Waals surface area contributed by atoms with Crippen molar-refractivity contribution in [3.63, 3.8) is 0 Å². The molecule has 112 valence electrons. The predicted octanol–water partition coefficient (Wildman–Crippen LogP) is 0.869. The largest absolute Gasteiger partial charge is 0.458 e. The predicted molar refractivity (Wildman–Crippen MR) is 77.9 cm³/mol. The van der Waals surface area contributed by atoms with Crippen molar-refractivity contribution in [2.45, 2.75) is 20.1 Å². The van der Waals surface area contributed by atoms with Gasteiger partial charge in [0, 0.05) is 25.0 Å². The molecule has 0 atom stereocenters. The molecule has 2 heterocycles. The zero-order valence-corrected chi connectivity index (χ0v) is 12.4. The van der Waals surface area contributed by atoms with Crippen LogP contribution in [-0.2, 0) is 29.7 Å². The fraction of sp³-hybridized carbons (Fsp3) is 0.308. The zero-order chi connectivity index (χ0) is 15.6. The smallest absolute Gasteiger partial charge is 0.326 e. The van der Waals surface area contributed by atoms with Crippen molar-refractivity contribution in [2.75, 3.05) is 5.73 Å². The molecule has 0 fully saturated rings. The molecule has 2 aromatic rings. The molecule has 21 heavy (non-hydrogen) atoms. The highest BCUT2D eigenvalue weighted by molar-refractivity contribution is 6.31. The maximum absolute atomic E-state index is 11.8. The van der Waals surface area contributed by atoms with E-state index in [0.717, 1.165) is 0 Å². The van der Waals surface area contributed by atoms with Crippen molar-refractivity contribution < 1.29 is 9.53 Å². The molecule has 7 nitrogen and oxygen atoms in total. The van der Waals surface area contributed by atoms with Gasteiger partial charge >= 0.3 is 5.97 Å². The van der Waals surface area contributed by atoms with E-state index in [1.54, 1.807) is 18.7 Å². The molecule has 0 spiro atoms. The molecular weight excluding hydrogens is 296 g/mol. The number of rotatable bonds is 4. The van der Waals surface area contributed by atoms with Crippen LogP contribution in [0, 0.1) is 6.92 Å². The number of halogens is 1. The van der Waals surface area contributed by atoms with Crippen LogP contribution in [0.25, 0.3) is 0 Å². The van der Waals surface area contributed by atoms with Crippen LogP contribution in [0.4, 0.5) is 5.69 Å². The number of anilines is 1. The summed E-state index contributed by atoms with van der Waals surface area (Å²) in [6, 6.07) is 2.77. The quantitative estimate of drug-likeness (QED) is 0.846. The number of nitrogens with zero attached hydrogens (tertiary/aromatic N) is 3. The first kappa shape index (κ1) is 15.1. The number of nitrogen functional groups attached to an aromatic ring is 1. The highest BCUT2D eigenvalue weighted by atomic mass is 35.5. The van der Waals surface area contributed by atoms with Gasteiger partial charge in [-0.05, 0) is 13.0 Å². The van der Waals surface area contributed by atoms with E-state index < -0.39 is 5.97 Å². The van der Waals surface area contributed by atoms with Gasteiger partial charge in [0.15, 0.2) is 0 Å². The molecule has 0 aliphatic heterocycles.